The summed E-state index contributed by atoms with van der Waals surface area (Å²) in [6.45, 7) is 1.69. The number of hydrogen-bond donors (Lipinski definition) is 2. The number of amides is 2. The second-order valence-electron chi connectivity index (χ2n) is 6.18. The average Bonchev–Trinajstić information content (AvgIpc) is 2.70. The molecule has 0 unspecified atom stereocenters. The largest absolute Gasteiger partial charge is 0.468 e. The van der Waals surface area contributed by atoms with E-state index in [0.717, 1.165) is 5.56 Å². The molecule has 28 heavy (non-hydrogen) atoms. The Hall–Kier alpha value is -3.48. The number of aryl methyl sites for hydroxylation is 1. The fourth-order valence-corrected chi connectivity index (χ4v) is 2.40. The standard InChI is InChI=1S/C21H22N2O5/c1-14-6-8-15(9-7-14)18(24)10-11-19(25)23-17-5-3-4-16(12-17)21(27)22-13-20(26)28-2/h3-9,12H,10-11,13H2,1-2H3,(H,22,27)(H,23,25). The third-order valence-electron chi connectivity index (χ3n) is 3.98. The number of Topliss-reactive ketones (excluding diaryl/α,β-unsaturated/α-hetero) is 1. The molecule has 0 bridgehead atoms. The second kappa shape index (κ2) is 10.0. The van der Waals surface area contributed by atoms with E-state index < -0.39 is 11.9 Å². The molecule has 2 amide bonds. The third-order valence-corrected chi connectivity index (χ3v) is 3.98. The fraction of sp³-hybridized carbons (Fsp3) is 0.238. The Labute approximate surface area is 163 Å². The number of rotatable bonds is 8. The van der Waals surface area contributed by atoms with Crippen LogP contribution in [0.1, 0.15) is 39.1 Å². The Morgan fingerprint density at radius 3 is 2.32 bits per heavy atom. The summed E-state index contributed by atoms with van der Waals surface area (Å²) in [6, 6.07) is 13.5. The van der Waals surface area contributed by atoms with Crippen LogP contribution in [0, 0.1) is 6.92 Å². The van der Waals surface area contributed by atoms with Gasteiger partial charge in [-0.25, -0.2) is 0 Å². The molecule has 0 saturated carbocycles. The summed E-state index contributed by atoms with van der Waals surface area (Å²) >= 11 is 0. The maximum Gasteiger partial charge on any atom is 0.325 e. The number of hydrogen-bond acceptors (Lipinski definition) is 5. The molecule has 0 atom stereocenters. The van der Waals surface area contributed by atoms with Gasteiger partial charge in [-0.3, -0.25) is 19.2 Å². The third kappa shape index (κ3) is 6.35. The van der Waals surface area contributed by atoms with Gasteiger partial charge in [0.15, 0.2) is 5.78 Å². The van der Waals surface area contributed by atoms with Gasteiger partial charge in [-0.2, -0.15) is 0 Å². The average molecular weight is 382 g/mol. The first-order chi connectivity index (χ1) is 13.4. The van der Waals surface area contributed by atoms with E-state index in [9.17, 15) is 19.2 Å². The molecule has 2 rings (SSSR count). The van der Waals surface area contributed by atoms with E-state index in [1.807, 2.05) is 19.1 Å². The van der Waals surface area contributed by atoms with Gasteiger partial charge in [0.25, 0.3) is 5.91 Å². The van der Waals surface area contributed by atoms with E-state index in [2.05, 4.69) is 15.4 Å². The second-order valence-corrected chi connectivity index (χ2v) is 6.18. The Morgan fingerprint density at radius 1 is 0.929 bits per heavy atom. The van der Waals surface area contributed by atoms with Gasteiger partial charge in [-0.15, -0.1) is 0 Å². The molecule has 2 N–H and O–H groups in total. The summed E-state index contributed by atoms with van der Waals surface area (Å²) in [7, 11) is 1.23. The number of ketones is 1. The van der Waals surface area contributed by atoms with Gasteiger partial charge in [0.1, 0.15) is 6.54 Å². The minimum Gasteiger partial charge on any atom is -0.468 e. The summed E-state index contributed by atoms with van der Waals surface area (Å²) in [5, 5.41) is 5.09. The van der Waals surface area contributed by atoms with Gasteiger partial charge in [-0.1, -0.05) is 35.9 Å². The van der Waals surface area contributed by atoms with Crippen LogP contribution >= 0.6 is 0 Å². The molecule has 2 aromatic rings. The lowest BCUT2D eigenvalue weighted by atomic mass is 10.0. The first kappa shape index (κ1) is 20.8. The molecule has 0 spiro atoms. The lowest BCUT2D eigenvalue weighted by Crippen LogP contribution is -2.30. The van der Waals surface area contributed by atoms with Crippen LogP contribution in [0.3, 0.4) is 0 Å². The highest BCUT2D eigenvalue weighted by atomic mass is 16.5. The van der Waals surface area contributed by atoms with E-state index in [-0.39, 0.29) is 36.6 Å². The van der Waals surface area contributed by atoms with Crippen molar-refractivity contribution in [1.29, 1.82) is 0 Å². The van der Waals surface area contributed by atoms with Crippen molar-refractivity contribution in [3.63, 3.8) is 0 Å². The van der Waals surface area contributed by atoms with Crippen molar-refractivity contribution >= 4 is 29.3 Å². The van der Waals surface area contributed by atoms with Crippen molar-refractivity contribution in [2.75, 3.05) is 19.0 Å². The van der Waals surface area contributed by atoms with E-state index in [4.69, 9.17) is 0 Å². The highest BCUT2D eigenvalue weighted by Crippen LogP contribution is 2.13. The van der Waals surface area contributed by atoms with Crippen molar-refractivity contribution in [2.24, 2.45) is 0 Å². The quantitative estimate of drug-likeness (QED) is 0.540. The first-order valence-electron chi connectivity index (χ1n) is 8.74. The predicted molar refractivity (Wildman–Crippen MR) is 104 cm³/mol. The van der Waals surface area contributed by atoms with Crippen molar-refractivity contribution < 1.29 is 23.9 Å². The fourth-order valence-electron chi connectivity index (χ4n) is 2.40. The predicted octanol–water partition coefficient (Wildman–Crippen LogP) is 2.50. The van der Waals surface area contributed by atoms with E-state index >= 15 is 0 Å². The van der Waals surface area contributed by atoms with E-state index in [1.165, 1.54) is 13.2 Å². The summed E-state index contributed by atoms with van der Waals surface area (Å²) in [4.78, 5) is 47.4. The molecule has 146 valence electrons. The minimum atomic E-state index is -0.559. The zero-order chi connectivity index (χ0) is 20.5. The molecule has 0 saturated heterocycles. The van der Waals surface area contributed by atoms with Crippen LogP contribution < -0.4 is 10.6 Å². The molecular formula is C21H22N2O5. The molecule has 0 heterocycles. The lowest BCUT2D eigenvalue weighted by Gasteiger charge is -2.08. The molecule has 0 aliphatic heterocycles. The van der Waals surface area contributed by atoms with Gasteiger partial charge in [-0.05, 0) is 25.1 Å². The van der Waals surface area contributed by atoms with Crippen LogP contribution in [0.4, 0.5) is 5.69 Å². The highest BCUT2D eigenvalue weighted by molar-refractivity contribution is 6.01. The van der Waals surface area contributed by atoms with Crippen LogP contribution in [0.5, 0.6) is 0 Å². The van der Waals surface area contributed by atoms with Gasteiger partial charge in [0.05, 0.1) is 7.11 Å². The van der Waals surface area contributed by atoms with Crippen molar-refractivity contribution in [3.8, 4) is 0 Å². The number of nitrogens with one attached hydrogen (secondary N) is 2. The maximum atomic E-state index is 12.1. The lowest BCUT2D eigenvalue weighted by molar-refractivity contribution is -0.139. The number of methoxy groups -OCH3 is 1. The number of ether oxygens (including phenoxy) is 1. The topological polar surface area (TPSA) is 102 Å². The van der Waals surface area contributed by atoms with Crippen LogP contribution in [0.15, 0.2) is 48.5 Å². The van der Waals surface area contributed by atoms with Gasteiger partial charge in [0.2, 0.25) is 5.91 Å². The van der Waals surface area contributed by atoms with Crippen LogP contribution in [-0.4, -0.2) is 37.2 Å². The number of anilines is 1. The number of benzene rings is 2. The van der Waals surface area contributed by atoms with Crippen molar-refractivity contribution in [1.82, 2.24) is 5.32 Å². The summed E-state index contributed by atoms with van der Waals surface area (Å²) in [5.74, 6) is -1.45. The molecule has 0 radical (unpaired) electrons. The van der Waals surface area contributed by atoms with Gasteiger partial charge in [0, 0.05) is 29.7 Å². The van der Waals surface area contributed by atoms with Crippen LogP contribution in [0.25, 0.3) is 0 Å². The Bertz CT molecular complexity index is 875. The molecule has 0 aliphatic carbocycles. The van der Waals surface area contributed by atoms with E-state index in [0.29, 0.717) is 11.3 Å². The normalized spacial score (nSPS) is 10.1. The molecule has 0 aromatic heterocycles. The highest BCUT2D eigenvalue weighted by Gasteiger charge is 2.12. The van der Waals surface area contributed by atoms with E-state index in [1.54, 1.807) is 30.3 Å². The molecule has 7 heteroatoms. The number of carbonyl (C=O) groups excluding carboxylic acids is 4. The maximum absolute atomic E-state index is 12.1. The Morgan fingerprint density at radius 2 is 1.64 bits per heavy atom. The zero-order valence-corrected chi connectivity index (χ0v) is 15.8. The molecule has 0 aliphatic rings. The van der Waals surface area contributed by atoms with Crippen LogP contribution in [0.2, 0.25) is 0 Å². The Balaban J connectivity index is 1.88. The monoisotopic (exact) mass is 382 g/mol. The van der Waals surface area contributed by atoms with Crippen molar-refractivity contribution in [2.45, 2.75) is 19.8 Å². The van der Waals surface area contributed by atoms with Gasteiger partial charge < -0.3 is 15.4 Å². The summed E-state index contributed by atoms with van der Waals surface area (Å²) in [5.41, 5.74) is 2.35. The summed E-state index contributed by atoms with van der Waals surface area (Å²) < 4.78 is 4.46. The first-order valence-corrected chi connectivity index (χ1v) is 8.74. The Kier molecular flexibility index (Phi) is 7.45. The molecule has 0 fully saturated rings. The SMILES string of the molecule is COC(=O)CNC(=O)c1cccc(NC(=O)CCC(=O)c2ccc(C)cc2)c1. The number of esters is 1. The molecule has 2 aromatic carbocycles. The van der Waals surface area contributed by atoms with Crippen LogP contribution in [-0.2, 0) is 14.3 Å². The number of carbonyl (C=O) groups is 4. The minimum absolute atomic E-state index is 0.0332. The smallest absolute Gasteiger partial charge is 0.325 e. The van der Waals surface area contributed by atoms with Crippen molar-refractivity contribution in [3.05, 3.63) is 65.2 Å². The zero-order valence-electron chi connectivity index (χ0n) is 15.8. The molecular weight excluding hydrogens is 360 g/mol. The summed E-state index contributed by atoms with van der Waals surface area (Å²) in [6.07, 6.45) is 0.125. The molecule has 7 nitrogen and oxygen atoms in total. The van der Waals surface area contributed by atoms with Gasteiger partial charge >= 0.3 is 5.97 Å².